The SMILES string of the molecule is Cc1ccc(CNC[C@@H]2CCCS2(=O)=O)c(Br)c1. The van der Waals surface area contributed by atoms with Crippen LogP contribution in [-0.4, -0.2) is 26.0 Å². The third kappa shape index (κ3) is 3.33. The summed E-state index contributed by atoms with van der Waals surface area (Å²) in [4.78, 5) is 0. The van der Waals surface area contributed by atoms with Gasteiger partial charge in [-0.1, -0.05) is 28.1 Å². The van der Waals surface area contributed by atoms with Gasteiger partial charge < -0.3 is 5.32 Å². The second-order valence-electron chi connectivity index (χ2n) is 4.86. The Morgan fingerprint density at radius 3 is 2.83 bits per heavy atom. The van der Waals surface area contributed by atoms with Crippen LogP contribution in [0.2, 0.25) is 0 Å². The number of aryl methyl sites for hydroxylation is 1. The van der Waals surface area contributed by atoms with Crippen molar-refractivity contribution in [2.45, 2.75) is 31.6 Å². The standard InChI is InChI=1S/C13H18BrNO2S/c1-10-4-5-11(13(14)7-10)8-15-9-12-3-2-6-18(12,16)17/h4-5,7,12,15H,2-3,6,8-9H2,1H3/t12-/m0/s1. The van der Waals surface area contributed by atoms with Crippen LogP contribution in [0.5, 0.6) is 0 Å². The Labute approximate surface area is 117 Å². The Balaban J connectivity index is 1.89. The average molecular weight is 332 g/mol. The number of halogens is 1. The van der Waals surface area contributed by atoms with Crippen LogP contribution in [0.25, 0.3) is 0 Å². The third-order valence-electron chi connectivity index (χ3n) is 3.36. The van der Waals surface area contributed by atoms with E-state index in [1.54, 1.807) is 0 Å². The molecule has 3 nitrogen and oxygen atoms in total. The molecule has 0 saturated carbocycles. The Morgan fingerprint density at radius 2 is 2.22 bits per heavy atom. The smallest absolute Gasteiger partial charge is 0.154 e. The molecule has 5 heteroatoms. The molecule has 1 aromatic rings. The quantitative estimate of drug-likeness (QED) is 0.921. The van der Waals surface area contributed by atoms with E-state index in [1.165, 1.54) is 5.56 Å². The summed E-state index contributed by atoms with van der Waals surface area (Å²) in [6.07, 6.45) is 1.60. The van der Waals surface area contributed by atoms with Crippen molar-refractivity contribution in [3.63, 3.8) is 0 Å². The number of hydrogen-bond donors (Lipinski definition) is 1. The van der Waals surface area contributed by atoms with E-state index in [2.05, 4.69) is 39.4 Å². The van der Waals surface area contributed by atoms with Crippen molar-refractivity contribution in [2.24, 2.45) is 0 Å². The van der Waals surface area contributed by atoms with Crippen molar-refractivity contribution in [3.8, 4) is 0 Å². The molecule has 1 N–H and O–H groups in total. The lowest BCUT2D eigenvalue weighted by Gasteiger charge is -2.12. The zero-order valence-corrected chi connectivity index (χ0v) is 12.9. The van der Waals surface area contributed by atoms with Gasteiger partial charge in [-0.15, -0.1) is 0 Å². The van der Waals surface area contributed by atoms with E-state index in [4.69, 9.17) is 0 Å². The van der Waals surface area contributed by atoms with Gasteiger partial charge in [-0.25, -0.2) is 8.42 Å². The van der Waals surface area contributed by atoms with E-state index in [-0.39, 0.29) is 5.25 Å². The number of rotatable bonds is 4. The van der Waals surface area contributed by atoms with E-state index in [1.807, 2.05) is 6.92 Å². The van der Waals surface area contributed by atoms with Crippen molar-refractivity contribution in [2.75, 3.05) is 12.3 Å². The molecule has 0 aliphatic carbocycles. The highest BCUT2D eigenvalue weighted by Crippen LogP contribution is 2.20. The number of sulfone groups is 1. The minimum Gasteiger partial charge on any atom is -0.311 e. The first-order valence-electron chi connectivity index (χ1n) is 6.16. The molecule has 1 saturated heterocycles. The van der Waals surface area contributed by atoms with Crippen molar-refractivity contribution in [1.82, 2.24) is 5.32 Å². The highest BCUT2D eigenvalue weighted by atomic mass is 79.9. The predicted octanol–water partition coefficient (Wildman–Crippen LogP) is 2.42. The van der Waals surface area contributed by atoms with E-state index >= 15 is 0 Å². The first-order valence-corrected chi connectivity index (χ1v) is 8.67. The summed E-state index contributed by atoms with van der Waals surface area (Å²) in [5.41, 5.74) is 2.37. The monoisotopic (exact) mass is 331 g/mol. The first kappa shape index (κ1) is 14.0. The molecule has 2 rings (SSSR count). The molecule has 1 aliphatic heterocycles. The van der Waals surface area contributed by atoms with Crippen molar-refractivity contribution in [3.05, 3.63) is 33.8 Å². The van der Waals surface area contributed by atoms with E-state index in [9.17, 15) is 8.42 Å². The minimum absolute atomic E-state index is 0.193. The van der Waals surface area contributed by atoms with Gasteiger partial charge in [0.1, 0.15) is 0 Å². The third-order valence-corrected chi connectivity index (χ3v) is 6.37. The highest BCUT2D eigenvalue weighted by molar-refractivity contribution is 9.10. The second kappa shape index (κ2) is 5.72. The number of benzene rings is 1. The van der Waals surface area contributed by atoms with Gasteiger partial charge >= 0.3 is 0 Å². The van der Waals surface area contributed by atoms with Crippen LogP contribution in [-0.2, 0) is 16.4 Å². The predicted molar refractivity (Wildman–Crippen MR) is 77.4 cm³/mol. The van der Waals surface area contributed by atoms with E-state index < -0.39 is 9.84 Å². The fourth-order valence-electron chi connectivity index (χ4n) is 2.25. The Morgan fingerprint density at radius 1 is 1.44 bits per heavy atom. The maximum atomic E-state index is 11.7. The van der Waals surface area contributed by atoms with Gasteiger partial charge in [-0.3, -0.25) is 0 Å². The van der Waals surface area contributed by atoms with Crippen LogP contribution in [0.1, 0.15) is 24.0 Å². The van der Waals surface area contributed by atoms with Crippen LogP contribution < -0.4 is 5.32 Å². The molecule has 1 aliphatic rings. The normalized spacial score (nSPS) is 22.2. The van der Waals surface area contributed by atoms with Gasteiger partial charge in [-0.2, -0.15) is 0 Å². The average Bonchev–Trinajstić information content (AvgIpc) is 2.61. The lowest BCUT2D eigenvalue weighted by Crippen LogP contribution is -2.30. The molecule has 0 radical (unpaired) electrons. The fourth-order valence-corrected chi connectivity index (χ4v) is 4.68. The molecule has 18 heavy (non-hydrogen) atoms. The summed E-state index contributed by atoms with van der Waals surface area (Å²) >= 11 is 3.52. The highest BCUT2D eigenvalue weighted by Gasteiger charge is 2.30. The summed E-state index contributed by atoms with van der Waals surface area (Å²) in [5, 5.41) is 3.06. The summed E-state index contributed by atoms with van der Waals surface area (Å²) < 4.78 is 24.4. The van der Waals surface area contributed by atoms with Crippen molar-refractivity contribution in [1.29, 1.82) is 0 Å². The molecule has 0 spiro atoms. The molecule has 0 aromatic heterocycles. The van der Waals surface area contributed by atoms with Crippen LogP contribution >= 0.6 is 15.9 Å². The van der Waals surface area contributed by atoms with Crippen LogP contribution in [0.15, 0.2) is 22.7 Å². The van der Waals surface area contributed by atoms with E-state index in [0.717, 1.165) is 22.9 Å². The Hall–Kier alpha value is -0.390. The molecular weight excluding hydrogens is 314 g/mol. The fraction of sp³-hybridized carbons (Fsp3) is 0.538. The van der Waals surface area contributed by atoms with Crippen molar-refractivity contribution < 1.29 is 8.42 Å². The zero-order chi connectivity index (χ0) is 13.2. The number of nitrogens with one attached hydrogen (secondary N) is 1. The van der Waals surface area contributed by atoms with Gasteiger partial charge in [0.05, 0.1) is 11.0 Å². The second-order valence-corrected chi connectivity index (χ2v) is 8.11. The first-order chi connectivity index (χ1) is 8.49. The topological polar surface area (TPSA) is 46.2 Å². The van der Waals surface area contributed by atoms with Gasteiger partial charge in [-0.05, 0) is 37.0 Å². The minimum atomic E-state index is -2.83. The van der Waals surface area contributed by atoms with Gasteiger partial charge in [0.2, 0.25) is 0 Å². The van der Waals surface area contributed by atoms with Crippen molar-refractivity contribution >= 4 is 25.8 Å². The Bertz CT molecular complexity index is 528. The van der Waals surface area contributed by atoms with Gasteiger partial charge in [0, 0.05) is 17.6 Å². The number of hydrogen-bond acceptors (Lipinski definition) is 3. The van der Waals surface area contributed by atoms with Crippen LogP contribution in [0.4, 0.5) is 0 Å². The summed E-state index contributed by atoms with van der Waals surface area (Å²) in [5.74, 6) is 0.355. The van der Waals surface area contributed by atoms with Crippen LogP contribution in [0, 0.1) is 6.92 Å². The molecule has 0 bridgehead atoms. The summed E-state index contributed by atoms with van der Waals surface area (Å²) in [7, 11) is -2.83. The van der Waals surface area contributed by atoms with Gasteiger partial charge in [0.15, 0.2) is 9.84 Å². The van der Waals surface area contributed by atoms with E-state index in [0.29, 0.717) is 18.8 Å². The maximum Gasteiger partial charge on any atom is 0.154 e. The summed E-state index contributed by atoms with van der Waals surface area (Å²) in [6.45, 7) is 3.31. The molecule has 1 fully saturated rings. The molecule has 100 valence electrons. The lowest BCUT2D eigenvalue weighted by atomic mass is 10.1. The Kier molecular flexibility index (Phi) is 4.45. The molecule has 1 heterocycles. The van der Waals surface area contributed by atoms with Gasteiger partial charge in [0.25, 0.3) is 0 Å². The van der Waals surface area contributed by atoms with Crippen LogP contribution in [0.3, 0.4) is 0 Å². The molecular formula is C13H18BrNO2S. The molecule has 1 atom stereocenters. The maximum absolute atomic E-state index is 11.7. The lowest BCUT2D eigenvalue weighted by molar-refractivity contribution is 0.574. The summed E-state index contributed by atoms with van der Waals surface area (Å²) in [6, 6.07) is 6.20. The zero-order valence-electron chi connectivity index (χ0n) is 10.4. The molecule has 0 amide bonds. The molecule has 1 aromatic carbocycles. The molecule has 0 unspecified atom stereocenters. The largest absolute Gasteiger partial charge is 0.311 e.